The lowest BCUT2D eigenvalue weighted by Crippen LogP contribution is -2.36. The number of aryl methyl sites for hydroxylation is 1. The molecule has 0 bridgehead atoms. The molecule has 1 N–H and O–H groups in total. The first-order valence-electron chi connectivity index (χ1n) is 13.1. The van der Waals surface area contributed by atoms with Crippen LogP contribution in [0.25, 0.3) is 10.9 Å². The van der Waals surface area contributed by atoms with Gasteiger partial charge in [0.1, 0.15) is 0 Å². The Labute approximate surface area is 226 Å². The molecule has 1 aliphatic carbocycles. The van der Waals surface area contributed by atoms with Gasteiger partial charge in [0.15, 0.2) is 10.9 Å². The fourth-order valence-electron chi connectivity index (χ4n) is 4.83. The number of ketones is 1. The molecule has 1 aliphatic rings. The van der Waals surface area contributed by atoms with Gasteiger partial charge in [0.25, 0.3) is 11.5 Å². The number of carbonyl (C=O) groups excluding carboxylic acids is 2. The molecule has 1 amide bonds. The molecular weight excluding hydrogens is 494 g/mol. The van der Waals surface area contributed by atoms with Crippen LogP contribution in [-0.4, -0.2) is 33.0 Å². The van der Waals surface area contributed by atoms with E-state index in [2.05, 4.69) is 5.32 Å². The maximum absolute atomic E-state index is 13.6. The Morgan fingerprint density at radius 1 is 0.947 bits per heavy atom. The first-order chi connectivity index (χ1) is 18.5. The molecule has 194 valence electrons. The van der Waals surface area contributed by atoms with Crippen LogP contribution in [0, 0.1) is 6.92 Å². The van der Waals surface area contributed by atoms with Gasteiger partial charge in [-0.1, -0.05) is 91.2 Å². The van der Waals surface area contributed by atoms with Gasteiger partial charge < -0.3 is 5.32 Å². The maximum Gasteiger partial charge on any atom is 0.262 e. The molecule has 0 aliphatic heterocycles. The largest absolute Gasteiger partial charge is 0.349 e. The van der Waals surface area contributed by atoms with Crippen molar-refractivity contribution >= 4 is 34.4 Å². The number of rotatable bonds is 8. The van der Waals surface area contributed by atoms with E-state index in [9.17, 15) is 14.4 Å². The van der Waals surface area contributed by atoms with E-state index in [-0.39, 0.29) is 29.0 Å². The standard InChI is InChI=1S/C31H31N3O3S/c1-21-12-14-23(15-13-21)28(35)20-38-31-33-27-18-24(29(36)32-25-10-6-3-7-11-25)16-17-26(27)30(37)34(31)19-22-8-4-2-5-9-22/h2,4-5,8-9,12-18,25H,3,6-7,10-11,19-20H2,1H3,(H,32,36). The van der Waals surface area contributed by atoms with Crippen molar-refractivity contribution in [3.63, 3.8) is 0 Å². The van der Waals surface area contributed by atoms with E-state index in [1.807, 2.05) is 61.5 Å². The van der Waals surface area contributed by atoms with Crippen LogP contribution in [0.15, 0.2) is 82.7 Å². The molecule has 7 heteroatoms. The third-order valence-corrected chi connectivity index (χ3v) is 7.99. The molecule has 0 atom stereocenters. The highest BCUT2D eigenvalue weighted by atomic mass is 32.2. The minimum absolute atomic E-state index is 0.0313. The van der Waals surface area contributed by atoms with Gasteiger partial charge in [0.2, 0.25) is 0 Å². The van der Waals surface area contributed by atoms with Gasteiger partial charge in [-0.25, -0.2) is 4.98 Å². The molecule has 5 rings (SSSR count). The van der Waals surface area contributed by atoms with Gasteiger partial charge in [-0.05, 0) is 43.5 Å². The van der Waals surface area contributed by atoms with E-state index in [4.69, 9.17) is 4.98 Å². The van der Waals surface area contributed by atoms with Gasteiger partial charge in [0.05, 0.1) is 23.2 Å². The monoisotopic (exact) mass is 525 g/mol. The lowest BCUT2D eigenvalue weighted by Gasteiger charge is -2.22. The van der Waals surface area contributed by atoms with Gasteiger partial charge in [-0.3, -0.25) is 19.0 Å². The fraction of sp³-hybridized carbons (Fsp3) is 0.290. The molecule has 0 saturated heterocycles. The summed E-state index contributed by atoms with van der Waals surface area (Å²) < 4.78 is 1.62. The second kappa shape index (κ2) is 11.8. The molecule has 0 unspecified atom stereocenters. The van der Waals surface area contributed by atoms with Crippen molar-refractivity contribution in [1.82, 2.24) is 14.9 Å². The van der Waals surface area contributed by atoms with Crippen LogP contribution in [0.2, 0.25) is 0 Å². The Balaban J connectivity index is 1.46. The molecule has 1 fully saturated rings. The summed E-state index contributed by atoms with van der Waals surface area (Å²) in [5, 5.41) is 4.04. The quantitative estimate of drug-likeness (QED) is 0.179. The van der Waals surface area contributed by atoms with Gasteiger partial charge >= 0.3 is 0 Å². The summed E-state index contributed by atoms with van der Waals surface area (Å²) in [5.74, 6) is -0.0217. The average Bonchev–Trinajstić information content (AvgIpc) is 2.94. The van der Waals surface area contributed by atoms with Crippen LogP contribution >= 0.6 is 11.8 Å². The van der Waals surface area contributed by atoms with Crippen molar-refractivity contribution in [2.45, 2.75) is 56.8 Å². The lowest BCUT2D eigenvalue weighted by atomic mass is 9.95. The molecule has 1 aromatic heterocycles. The topological polar surface area (TPSA) is 81.1 Å². The molecule has 4 aromatic rings. The number of Topliss-reactive ketones (excluding diaryl/α,β-unsaturated/α-hetero) is 1. The van der Waals surface area contributed by atoms with Gasteiger partial charge in [-0.2, -0.15) is 0 Å². The van der Waals surface area contributed by atoms with Crippen LogP contribution < -0.4 is 10.9 Å². The van der Waals surface area contributed by atoms with Crippen LogP contribution in [0.1, 0.15) is 63.9 Å². The summed E-state index contributed by atoms with van der Waals surface area (Å²) in [4.78, 5) is 44.3. The SMILES string of the molecule is Cc1ccc(C(=O)CSc2nc3cc(C(=O)NC4CCCCC4)ccc3c(=O)n2Cc2ccccc2)cc1. The minimum atomic E-state index is -0.191. The van der Waals surface area contributed by atoms with Crippen LogP contribution in [0.4, 0.5) is 0 Å². The highest BCUT2D eigenvalue weighted by Crippen LogP contribution is 2.22. The summed E-state index contributed by atoms with van der Waals surface area (Å²) in [6.45, 7) is 2.32. The van der Waals surface area contributed by atoms with Crippen LogP contribution in [-0.2, 0) is 6.54 Å². The minimum Gasteiger partial charge on any atom is -0.349 e. The Hall–Kier alpha value is -3.71. The summed E-state index contributed by atoms with van der Waals surface area (Å²) in [5.41, 5.74) is 3.44. The molecule has 1 saturated carbocycles. The Morgan fingerprint density at radius 3 is 2.39 bits per heavy atom. The number of nitrogens with zero attached hydrogens (tertiary/aromatic N) is 2. The molecule has 6 nitrogen and oxygen atoms in total. The van der Waals surface area contributed by atoms with Crippen molar-refractivity contribution in [2.75, 3.05) is 5.75 Å². The second-order valence-electron chi connectivity index (χ2n) is 9.89. The second-order valence-corrected chi connectivity index (χ2v) is 10.8. The number of hydrogen-bond donors (Lipinski definition) is 1. The molecule has 0 radical (unpaired) electrons. The van der Waals surface area contributed by atoms with Crippen molar-refractivity contribution in [3.8, 4) is 0 Å². The smallest absolute Gasteiger partial charge is 0.262 e. The number of carbonyl (C=O) groups is 2. The van der Waals surface area contributed by atoms with E-state index in [1.165, 1.54) is 18.2 Å². The highest BCUT2D eigenvalue weighted by molar-refractivity contribution is 7.99. The van der Waals surface area contributed by atoms with Gasteiger partial charge in [-0.15, -0.1) is 0 Å². The van der Waals surface area contributed by atoms with Crippen molar-refractivity contribution in [3.05, 3.63) is 105 Å². The third kappa shape index (κ3) is 6.05. The number of amides is 1. The first kappa shape index (κ1) is 25.9. The molecule has 0 spiro atoms. The highest BCUT2D eigenvalue weighted by Gasteiger charge is 2.19. The number of aromatic nitrogens is 2. The van der Waals surface area contributed by atoms with E-state index in [0.717, 1.165) is 36.8 Å². The van der Waals surface area contributed by atoms with Crippen LogP contribution in [0.5, 0.6) is 0 Å². The molecule has 3 aromatic carbocycles. The Bertz CT molecular complexity index is 1510. The maximum atomic E-state index is 13.6. The van der Waals surface area contributed by atoms with E-state index in [1.54, 1.807) is 22.8 Å². The fourth-order valence-corrected chi connectivity index (χ4v) is 5.72. The number of hydrogen-bond acceptors (Lipinski definition) is 5. The summed E-state index contributed by atoms with van der Waals surface area (Å²) in [6, 6.07) is 22.4. The van der Waals surface area contributed by atoms with Crippen molar-refractivity contribution in [2.24, 2.45) is 0 Å². The zero-order chi connectivity index (χ0) is 26.5. The van der Waals surface area contributed by atoms with Crippen LogP contribution in [0.3, 0.4) is 0 Å². The molecule has 38 heavy (non-hydrogen) atoms. The Kier molecular flexibility index (Phi) is 8.03. The van der Waals surface area contributed by atoms with E-state index >= 15 is 0 Å². The van der Waals surface area contributed by atoms with Gasteiger partial charge in [0, 0.05) is 17.2 Å². The average molecular weight is 526 g/mol. The molecular formula is C31H31N3O3S. The number of nitrogens with one attached hydrogen (secondary N) is 1. The van der Waals surface area contributed by atoms with Crippen molar-refractivity contribution in [1.29, 1.82) is 0 Å². The zero-order valence-corrected chi connectivity index (χ0v) is 22.3. The van der Waals surface area contributed by atoms with Crippen molar-refractivity contribution < 1.29 is 9.59 Å². The molecule has 1 heterocycles. The lowest BCUT2D eigenvalue weighted by molar-refractivity contribution is 0.0927. The number of benzene rings is 3. The van der Waals surface area contributed by atoms with E-state index < -0.39 is 0 Å². The number of fused-ring (bicyclic) bond motifs is 1. The predicted octanol–water partition coefficient (Wildman–Crippen LogP) is 5.79. The normalized spacial score (nSPS) is 13.9. The third-order valence-electron chi connectivity index (χ3n) is 7.01. The number of thioether (sulfide) groups is 1. The summed E-state index contributed by atoms with van der Waals surface area (Å²) in [7, 11) is 0. The zero-order valence-electron chi connectivity index (χ0n) is 21.5. The predicted molar refractivity (Wildman–Crippen MR) is 152 cm³/mol. The van der Waals surface area contributed by atoms with E-state index in [0.29, 0.717) is 33.7 Å². The first-order valence-corrected chi connectivity index (χ1v) is 14.1. The Morgan fingerprint density at radius 2 is 1.66 bits per heavy atom. The summed E-state index contributed by atoms with van der Waals surface area (Å²) in [6.07, 6.45) is 5.48. The summed E-state index contributed by atoms with van der Waals surface area (Å²) >= 11 is 1.25.